The molecule has 0 saturated carbocycles. The summed E-state index contributed by atoms with van der Waals surface area (Å²) in [6.45, 7) is 6.37. The largest absolute Gasteiger partial charge is 0.493 e. The van der Waals surface area contributed by atoms with Gasteiger partial charge in [-0.1, -0.05) is 19.9 Å². The first kappa shape index (κ1) is 22.1. The second-order valence-electron chi connectivity index (χ2n) is 6.70. The summed E-state index contributed by atoms with van der Waals surface area (Å²) >= 11 is 0. The minimum atomic E-state index is -0.148. The first-order valence-electron chi connectivity index (χ1n) is 9.45. The van der Waals surface area contributed by atoms with Crippen LogP contribution in [0.3, 0.4) is 0 Å². The van der Waals surface area contributed by atoms with E-state index in [1.54, 1.807) is 18.2 Å². The molecular weight excluding hydrogens is 370 g/mol. The molecule has 0 aliphatic heterocycles. The minimum Gasteiger partial charge on any atom is -0.493 e. The average Bonchev–Trinajstić information content (AvgIpc) is 2.71. The number of rotatable bonds is 9. The normalized spacial score (nSPS) is 11.3. The second kappa shape index (κ2) is 9.87. The zero-order chi connectivity index (χ0) is 21.6. The lowest BCUT2D eigenvalue weighted by molar-refractivity contribution is 0.102. The van der Waals surface area contributed by atoms with Crippen LogP contribution < -0.4 is 24.7 Å². The molecule has 2 N–H and O–H groups in total. The fourth-order valence-electron chi connectivity index (χ4n) is 3.05. The summed E-state index contributed by atoms with van der Waals surface area (Å²) in [5.41, 5.74) is 8.45. The Labute approximate surface area is 172 Å². The van der Waals surface area contributed by atoms with Gasteiger partial charge < -0.3 is 24.7 Å². The highest BCUT2D eigenvalue weighted by atomic mass is 16.5. The summed E-state index contributed by atoms with van der Waals surface area (Å²) in [6.07, 6.45) is 1.84. The number of ketones is 1. The molecule has 6 heteroatoms. The van der Waals surface area contributed by atoms with Crippen LogP contribution in [0.15, 0.2) is 35.9 Å². The Morgan fingerprint density at radius 1 is 1.00 bits per heavy atom. The molecule has 0 amide bonds. The van der Waals surface area contributed by atoms with E-state index in [9.17, 15) is 4.79 Å². The van der Waals surface area contributed by atoms with Crippen molar-refractivity contribution in [2.24, 2.45) is 5.92 Å². The standard InChI is InChI=1S/C23H29NO5/c1-7-29-19-10-8-15(13-18(19)24)12-17(14(2)3)21(25)16-9-11-20(26-4)23(28-6)22(16)27-5/h8-14H,7,24H2,1-6H3. The van der Waals surface area contributed by atoms with Crippen LogP contribution in [0.4, 0.5) is 5.69 Å². The van der Waals surface area contributed by atoms with Gasteiger partial charge in [-0.3, -0.25) is 4.79 Å². The molecule has 6 nitrogen and oxygen atoms in total. The van der Waals surface area contributed by atoms with Crippen LogP contribution in [0.2, 0.25) is 0 Å². The number of carbonyl (C=O) groups excluding carboxylic acids is 1. The molecule has 156 valence electrons. The van der Waals surface area contributed by atoms with Crippen molar-refractivity contribution in [3.05, 3.63) is 47.0 Å². The Hall–Kier alpha value is -3.15. The van der Waals surface area contributed by atoms with E-state index < -0.39 is 0 Å². The smallest absolute Gasteiger partial charge is 0.204 e. The summed E-state index contributed by atoms with van der Waals surface area (Å²) in [5.74, 6) is 1.68. The number of carbonyl (C=O) groups is 1. The molecule has 0 unspecified atom stereocenters. The third-order valence-electron chi connectivity index (χ3n) is 4.49. The highest BCUT2D eigenvalue weighted by molar-refractivity contribution is 6.13. The Balaban J connectivity index is 2.53. The van der Waals surface area contributed by atoms with Gasteiger partial charge >= 0.3 is 0 Å². The summed E-state index contributed by atoms with van der Waals surface area (Å²) in [5, 5.41) is 0. The zero-order valence-electron chi connectivity index (χ0n) is 17.9. The van der Waals surface area contributed by atoms with E-state index in [4.69, 9.17) is 24.7 Å². The van der Waals surface area contributed by atoms with Gasteiger partial charge in [0.15, 0.2) is 17.3 Å². The molecule has 0 atom stereocenters. The van der Waals surface area contributed by atoms with Crippen LogP contribution in [0, 0.1) is 5.92 Å². The van der Waals surface area contributed by atoms with Crippen molar-refractivity contribution >= 4 is 17.5 Å². The van der Waals surface area contributed by atoms with Gasteiger partial charge in [-0.05, 0) is 48.7 Å². The highest BCUT2D eigenvalue weighted by Gasteiger charge is 2.24. The van der Waals surface area contributed by atoms with E-state index in [-0.39, 0.29) is 11.7 Å². The van der Waals surface area contributed by atoms with Crippen molar-refractivity contribution in [1.29, 1.82) is 0 Å². The van der Waals surface area contributed by atoms with Crippen molar-refractivity contribution < 1.29 is 23.7 Å². The molecule has 0 aliphatic carbocycles. The molecule has 2 rings (SSSR count). The van der Waals surface area contributed by atoms with Gasteiger partial charge in [0.1, 0.15) is 5.75 Å². The lowest BCUT2D eigenvalue weighted by atomic mass is 9.91. The van der Waals surface area contributed by atoms with Crippen molar-refractivity contribution in [1.82, 2.24) is 0 Å². The van der Waals surface area contributed by atoms with Crippen LogP contribution >= 0.6 is 0 Å². The van der Waals surface area contributed by atoms with E-state index >= 15 is 0 Å². The third kappa shape index (κ3) is 4.83. The van der Waals surface area contributed by atoms with E-state index in [1.807, 2.05) is 39.0 Å². The molecule has 29 heavy (non-hydrogen) atoms. The van der Waals surface area contributed by atoms with Crippen LogP contribution in [-0.4, -0.2) is 33.7 Å². The SMILES string of the molecule is CCOc1ccc(C=C(C(=O)c2ccc(OC)c(OC)c2OC)C(C)C)cc1N. The lowest BCUT2D eigenvalue weighted by Gasteiger charge is -2.17. The maximum atomic E-state index is 13.4. The van der Waals surface area contributed by atoms with Crippen molar-refractivity contribution in [3.8, 4) is 23.0 Å². The third-order valence-corrected chi connectivity index (χ3v) is 4.49. The monoisotopic (exact) mass is 399 g/mol. The molecule has 0 spiro atoms. The first-order chi connectivity index (χ1) is 13.9. The van der Waals surface area contributed by atoms with E-state index in [2.05, 4.69) is 0 Å². The number of hydrogen-bond acceptors (Lipinski definition) is 6. The quantitative estimate of drug-likeness (QED) is 0.377. The van der Waals surface area contributed by atoms with Gasteiger partial charge in [0.05, 0.1) is 39.2 Å². The molecule has 0 fully saturated rings. The number of allylic oxidation sites excluding steroid dienone is 1. The summed E-state index contributed by atoms with van der Waals surface area (Å²) in [4.78, 5) is 13.4. The lowest BCUT2D eigenvalue weighted by Crippen LogP contribution is -2.11. The van der Waals surface area contributed by atoms with Crippen LogP contribution in [0.5, 0.6) is 23.0 Å². The molecule has 0 aromatic heterocycles. The summed E-state index contributed by atoms with van der Waals surface area (Å²) < 4.78 is 21.7. The number of anilines is 1. The molecule has 0 bridgehead atoms. The fourth-order valence-corrected chi connectivity index (χ4v) is 3.05. The number of Topliss-reactive ketones (excluding diaryl/α,β-unsaturated/α-hetero) is 1. The number of ether oxygens (including phenoxy) is 4. The Morgan fingerprint density at radius 3 is 2.17 bits per heavy atom. The Bertz CT molecular complexity index is 902. The topological polar surface area (TPSA) is 80.0 Å². The molecule has 0 radical (unpaired) electrons. The van der Waals surface area contributed by atoms with Crippen LogP contribution in [0.25, 0.3) is 6.08 Å². The van der Waals surface area contributed by atoms with Crippen LogP contribution in [-0.2, 0) is 0 Å². The van der Waals surface area contributed by atoms with Gasteiger partial charge in [0.25, 0.3) is 0 Å². The number of methoxy groups -OCH3 is 3. The zero-order valence-corrected chi connectivity index (χ0v) is 17.9. The summed E-state index contributed by atoms with van der Waals surface area (Å²) in [7, 11) is 4.55. The molecule has 2 aromatic rings. The fraction of sp³-hybridized carbons (Fsp3) is 0.348. The maximum absolute atomic E-state index is 13.4. The summed E-state index contributed by atoms with van der Waals surface area (Å²) in [6, 6.07) is 8.87. The predicted octanol–water partition coefficient (Wildman–Crippen LogP) is 4.62. The van der Waals surface area contributed by atoms with E-state index in [0.29, 0.717) is 46.4 Å². The molecule has 0 heterocycles. The van der Waals surface area contributed by atoms with Gasteiger partial charge in [-0.2, -0.15) is 0 Å². The maximum Gasteiger partial charge on any atom is 0.204 e. The second-order valence-corrected chi connectivity index (χ2v) is 6.70. The minimum absolute atomic E-state index is 0.0203. The van der Waals surface area contributed by atoms with E-state index in [1.165, 1.54) is 21.3 Å². The van der Waals surface area contributed by atoms with Gasteiger partial charge in [-0.25, -0.2) is 0 Å². The van der Waals surface area contributed by atoms with E-state index in [0.717, 1.165) is 5.56 Å². The van der Waals surface area contributed by atoms with Crippen molar-refractivity contribution in [2.45, 2.75) is 20.8 Å². The van der Waals surface area contributed by atoms with Gasteiger partial charge in [0.2, 0.25) is 5.75 Å². The molecule has 2 aromatic carbocycles. The first-order valence-corrected chi connectivity index (χ1v) is 9.45. The Morgan fingerprint density at radius 2 is 1.66 bits per heavy atom. The number of hydrogen-bond donors (Lipinski definition) is 1. The molecule has 0 saturated heterocycles. The highest BCUT2D eigenvalue weighted by Crippen LogP contribution is 2.41. The van der Waals surface area contributed by atoms with Crippen molar-refractivity contribution in [3.63, 3.8) is 0 Å². The predicted molar refractivity (Wildman–Crippen MR) is 115 cm³/mol. The number of benzene rings is 2. The van der Waals surface area contributed by atoms with Crippen LogP contribution in [0.1, 0.15) is 36.7 Å². The molecule has 0 aliphatic rings. The molecular formula is C23H29NO5. The van der Waals surface area contributed by atoms with Gasteiger partial charge in [0, 0.05) is 5.57 Å². The average molecular weight is 399 g/mol. The van der Waals surface area contributed by atoms with Gasteiger partial charge in [-0.15, -0.1) is 0 Å². The number of nitrogens with two attached hydrogens (primary N) is 1. The number of nitrogen functional groups attached to an aromatic ring is 1. The Kier molecular flexibility index (Phi) is 7.53. The van der Waals surface area contributed by atoms with Crippen molar-refractivity contribution in [2.75, 3.05) is 33.7 Å².